The van der Waals surface area contributed by atoms with E-state index < -0.39 is 0 Å². The molecule has 1 aromatic heterocycles. The van der Waals surface area contributed by atoms with Crippen molar-refractivity contribution in [3.63, 3.8) is 0 Å². The molecule has 0 aliphatic rings. The van der Waals surface area contributed by atoms with E-state index in [0.29, 0.717) is 6.61 Å². The summed E-state index contributed by atoms with van der Waals surface area (Å²) in [6.07, 6.45) is 0.975. The number of hydrogen-bond acceptors (Lipinski definition) is 4. The number of thioether (sulfide) groups is 1. The summed E-state index contributed by atoms with van der Waals surface area (Å²) in [5.41, 5.74) is 2.20. The van der Waals surface area contributed by atoms with Gasteiger partial charge in [-0.1, -0.05) is 61.2 Å². The number of nitrogens with zero attached hydrogens (tertiary/aromatic N) is 2. The Labute approximate surface area is 140 Å². The van der Waals surface area contributed by atoms with E-state index in [1.807, 2.05) is 42.5 Å². The van der Waals surface area contributed by atoms with Crippen LogP contribution in [0.1, 0.15) is 18.9 Å². The van der Waals surface area contributed by atoms with E-state index in [9.17, 15) is 0 Å². The minimum absolute atomic E-state index is 0.695. The van der Waals surface area contributed by atoms with E-state index in [1.165, 1.54) is 5.56 Å². The first-order valence-corrected chi connectivity index (χ1v) is 8.66. The second-order valence-corrected chi connectivity index (χ2v) is 6.03. The van der Waals surface area contributed by atoms with Crippen LogP contribution < -0.4 is 4.74 Å². The Morgan fingerprint density at radius 3 is 2.65 bits per heavy atom. The topological polar surface area (TPSA) is 50.8 Å². The molecule has 0 amide bonds. The summed E-state index contributed by atoms with van der Waals surface area (Å²) >= 11 is 1.62. The third kappa shape index (κ3) is 4.13. The number of benzene rings is 2. The van der Waals surface area contributed by atoms with Crippen LogP contribution in [0.15, 0.2) is 59.8 Å². The second-order valence-electron chi connectivity index (χ2n) is 5.09. The van der Waals surface area contributed by atoms with Crippen LogP contribution in [0.4, 0.5) is 0 Å². The molecule has 0 aliphatic carbocycles. The zero-order chi connectivity index (χ0) is 15.9. The second kappa shape index (κ2) is 7.83. The quantitative estimate of drug-likeness (QED) is 0.647. The van der Waals surface area contributed by atoms with Crippen LogP contribution in [0.3, 0.4) is 0 Å². The van der Waals surface area contributed by atoms with Crippen LogP contribution in [-0.2, 0) is 5.75 Å². The number of nitrogens with one attached hydrogen (secondary N) is 1. The number of hydrogen-bond donors (Lipinski definition) is 1. The van der Waals surface area contributed by atoms with Crippen molar-refractivity contribution in [1.82, 2.24) is 15.2 Å². The Balaban J connectivity index is 1.72. The Morgan fingerprint density at radius 2 is 1.83 bits per heavy atom. The molecule has 4 nitrogen and oxygen atoms in total. The van der Waals surface area contributed by atoms with Gasteiger partial charge in [-0.05, 0) is 24.1 Å². The molecule has 5 heteroatoms. The highest BCUT2D eigenvalue weighted by atomic mass is 32.2. The van der Waals surface area contributed by atoms with E-state index in [1.54, 1.807) is 11.8 Å². The number of aromatic nitrogens is 3. The van der Waals surface area contributed by atoms with E-state index in [4.69, 9.17) is 4.74 Å². The lowest BCUT2D eigenvalue weighted by molar-refractivity contribution is 0.318. The van der Waals surface area contributed by atoms with Crippen molar-refractivity contribution in [2.45, 2.75) is 24.3 Å². The predicted molar refractivity (Wildman–Crippen MR) is 93.6 cm³/mol. The van der Waals surface area contributed by atoms with Gasteiger partial charge in [0, 0.05) is 5.75 Å². The maximum Gasteiger partial charge on any atom is 0.209 e. The van der Waals surface area contributed by atoms with Crippen LogP contribution in [0.25, 0.3) is 11.4 Å². The lowest BCUT2D eigenvalue weighted by Crippen LogP contribution is -1.97. The van der Waals surface area contributed by atoms with Gasteiger partial charge in [0.25, 0.3) is 0 Å². The Kier molecular flexibility index (Phi) is 5.32. The zero-order valence-corrected chi connectivity index (χ0v) is 13.8. The van der Waals surface area contributed by atoms with Crippen molar-refractivity contribution in [3.8, 4) is 17.1 Å². The van der Waals surface area contributed by atoms with Crippen LogP contribution in [0.2, 0.25) is 0 Å². The first-order chi connectivity index (χ1) is 11.4. The van der Waals surface area contributed by atoms with Crippen molar-refractivity contribution in [1.29, 1.82) is 0 Å². The maximum absolute atomic E-state index is 5.78. The van der Waals surface area contributed by atoms with Gasteiger partial charge in [-0.15, -0.1) is 5.10 Å². The molecule has 0 atom stereocenters. The summed E-state index contributed by atoms with van der Waals surface area (Å²) < 4.78 is 5.78. The van der Waals surface area contributed by atoms with Gasteiger partial charge in [0.05, 0.1) is 12.2 Å². The molecule has 23 heavy (non-hydrogen) atoms. The first-order valence-electron chi connectivity index (χ1n) is 7.68. The number of H-pyrrole nitrogens is 1. The molecule has 1 heterocycles. The molecule has 0 aliphatic heterocycles. The van der Waals surface area contributed by atoms with Gasteiger partial charge in [-0.3, -0.25) is 5.10 Å². The average molecular weight is 325 g/mol. The monoisotopic (exact) mass is 325 g/mol. The Bertz CT molecular complexity index is 743. The van der Waals surface area contributed by atoms with Crippen LogP contribution in [0.5, 0.6) is 5.75 Å². The smallest absolute Gasteiger partial charge is 0.209 e. The van der Waals surface area contributed by atoms with Crippen molar-refractivity contribution < 1.29 is 4.74 Å². The van der Waals surface area contributed by atoms with Crippen molar-refractivity contribution in [3.05, 3.63) is 60.2 Å². The van der Waals surface area contributed by atoms with Crippen molar-refractivity contribution in [2.24, 2.45) is 0 Å². The van der Waals surface area contributed by atoms with E-state index in [2.05, 4.69) is 34.2 Å². The van der Waals surface area contributed by atoms with Crippen molar-refractivity contribution in [2.75, 3.05) is 6.61 Å². The largest absolute Gasteiger partial charge is 0.493 e. The summed E-state index contributed by atoms with van der Waals surface area (Å²) in [6, 6.07) is 18.2. The summed E-state index contributed by atoms with van der Waals surface area (Å²) in [4.78, 5) is 4.58. The van der Waals surface area contributed by atoms with E-state index >= 15 is 0 Å². The maximum atomic E-state index is 5.78. The van der Waals surface area contributed by atoms with Crippen molar-refractivity contribution >= 4 is 11.8 Å². The fourth-order valence-electron chi connectivity index (χ4n) is 2.15. The highest BCUT2D eigenvalue weighted by Gasteiger charge is 2.11. The lowest BCUT2D eigenvalue weighted by Gasteiger charge is -2.08. The number of aromatic amines is 1. The summed E-state index contributed by atoms with van der Waals surface area (Å²) in [7, 11) is 0. The fourth-order valence-corrected chi connectivity index (χ4v) is 2.91. The summed E-state index contributed by atoms with van der Waals surface area (Å²) in [5, 5.41) is 8.06. The highest BCUT2D eigenvalue weighted by molar-refractivity contribution is 7.98. The van der Waals surface area contributed by atoms with Crippen LogP contribution >= 0.6 is 11.8 Å². The molecule has 3 aromatic rings. The minimum Gasteiger partial charge on any atom is -0.493 e. The first kappa shape index (κ1) is 15.6. The Hall–Kier alpha value is -2.27. The normalized spacial score (nSPS) is 10.7. The molecule has 3 rings (SSSR count). The van der Waals surface area contributed by atoms with Gasteiger partial charge >= 0.3 is 0 Å². The van der Waals surface area contributed by atoms with Gasteiger partial charge in [-0.25, -0.2) is 4.98 Å². The molecule has 0 spiro atoms. The molecule has 0 saturated carbocycles. The molecular formula is C18H19N3OS. The average Bonchev–Trinajstić information content (AvgIpc) is 3.08. The molecule has 2 aromatic carbocycles. The van der Waals surface area contributed by atoms with Crippen LogP contribution in [-0.4, -0.2) is 21.8 Å². The summed E-state index contributed by atoms with van der Waals surface area (Å²) in [6.45, 7) is 2.79. The lowest BCUT2D eigenvalue weighted by atomic mass is 10.2. The fraction of sp³-hybridized carbons (Fsp3) is 0.222. The molecule has 0 radical (unpaired) electrons. The van der Waals surface area contributed by atoms with Gasteiger partial charge in [0.15, 0.2) is 5.82 Å². The number of ether oxygens (including phenoxy) is 1. The van der Waals surface area contributed by atoms with E-state index in [-0.39, 0.29) is 0 Å². The molecule has 0 saturated heterocycles. The molecule has 0 bridgehead atoms. The third-order valence-corrected chi connectivity index (χ3v) is 4.20. The third-order valence-electron chi connectivity index (χ3n) is 3.28. The molecule has 0 fully saturated rings. The zero-order valence-electron chi connectivity index (χ0n) is 13.0. The molecular weight excluding hydrogens is 306 g/mol. The number of rotatable bonds is 7. The number of para-hydroxylation sites is 1. The van der Waals surface area contributed by atoms with Crippen LogP contribution in [0, 0.1) is 0 Å². The molecule has 1 N–H and O–H groups in total. The highest BCUT2D eigenvalue weighted by Crippen LogP contribution is 2.29. The van der Waals surface area contributed by atoms with Gasteiger partial charge < -0.3 is 4.74 Å². The summed E-state index contributed by atoms with van der Waals surface area (Å²) in [5.74, 6) is 2.43. The van der Waals surface area contributed by atoms with Gasteiger partial charge in [0.1, 0.15) is 5.75 Å². The molecule has 0 unspecified atom stereocenters. The SMILES string of the molecule is CCCOc1ccccc1-c1nc(SCc2ccccc2)n[nH]1. The predicted octanol–water partition coefficient (Wildman–Crippen LogP) is 4.55. The molecule has 118 valence electrons. The van der Waals surface area contributed by atoms with Gasteiger partial charge in [-0.2, -0.15) is 0 Å². The standard InChI is InChI=1S/C18H19N3OS/c1-2-12-22-16-11-7-6-10-15(16)17-19-18(21-20-17)23-13-14-8-4-3-5-9-14/h3-11H,2,12-13H2,1H3,(H,19,20,21). The van der Waals surface area contributed by atoms with E-state index in [0.717, 1.165) is 34.5 Å². The Morgan fingerprint density at radius 1 is 1.04 bits per heavy atom. The minimum atomic E-state index is 0.695. The van der Waals surface area contributed by atoms with Gasteiger partial charge in [0.2, 0.25) is 5.16 Å².